The van der Waals surface area contributed by atoms with Crippen LogP contribution in [0.5, 0.6) is 0 Å². The van der Waals surface area contributed by atoms with Gasteiger partial charge in [0.2, 0.25) is 0 Å². The molecule has 2 rings (SSSR count). The third-order valence-electron chi connectivity index (χ3n) is 3.64. The summed E-state index contributed by atoms with van der Waals surface area (Å²) in [6, 6.07) is 8.79. The van der Waals surface area contributed by atoms with Crippen LogP contribution in [0, 0.1) is 0 Å². The summed E-state index contributed by atoms with van der Waals surface area (Å²) in [4.78, 5) is 15.3. The molecule has 1 aromatic rings. The predicted molar refractivity (Wildman–Crippen MR) is 79.2 cm³/mol. The Kier molecular flexibility index (Phi) is 7.99. The fraction of sp³-hybridized carbons (Fsp3) is 0.500. The van der Waals surface area contributed by atoms with Gasteiger partial charge in [-0.25, -0.2) is 13.2 Å². The van der Waals surface area contributed by atoms with Gasteiger partial charge in [-0.15, -0.1) is 0 Å². The Morgan fingerprint density at radius 1 is 1.30 bits per heavy atom. The third kappa shape index (κ3) is 6.78. The first-order chi connectivity index (χ1) is 10.3. The zero-order chi connectivity index (χ0) is 16.2. The van der Waals surface area contributed by atoms with Gasteiger partial charge in [-0.05, 0) is 12.6 Å². The molecular formula is C14H19N2NaO5S. The average Bonchev–Trinajstić information content (AvgIpc) is 2.47. The zero-order valence-electron chi connectivity index (χ0n) is 13.3. The van der Waals surface area contributed by atoms with Crippen molar-refractivity contribution in [3.05, 3.63) is 35.9 Å². The van der Waals surface area contributed by atoms with Crippen LogP contribution in [0.4, 0.5) is 4.79 Å². The summed E-state index contributed by atoms with van der Waals surface area (Å²) in [5.74, 6) is -0.508. The second kappa shape index (κ2) is 9.00. The Labute approximate surface area is 158 Å². The van der Waals surface area contributed by atoms with Crippen LogP contribution in [0.2, 0.25) is 0 Å². The Hall–Kier alpha value is -0.640. The second-order valence-electron chi connectivity index (χ2n) is 5.34. The van der Waals surface area contributed by atoms with Crippen LogP contribution in [0.3, 0.4) is 0 Å². The van der Waals surface area contributed by atoms with Gasteiger partial charge in [-0.2, -0.15) is 0 Å². The summed E-state index contributed by atoms with van der Waals surface area (Å²) in [7, 11) is -2.59. The first kappa shape index (κ1) is 20.4. The molecule has 1 aliphatic rings. The van der Waals surface area contributed by atoms with E-state index in [1.807, 2.05) is 30.3 Å². The van der Waals surface area contributed by atoms with E-state index in [4.69, 9.17) is 4.74 Å². The maximum atomic E-state index is 12.0. The first-order valence-corrected chi connectivity index (χ1v) is 8.52. The van der Waals surface area contributed by atoms with Gasteiger partial charge in [0.25, 0.3) is 0 Å². The molecule has 1 amide bonds. The second-order valence-corrected chi connectivity index (χ2v) is 6.79. The quantitative estimate of drug-likeness (QED) is 0.440. The van der Waals surface area contributed by atoms with E-state index in [-0.39, 0.29) is 42.7 Å². The molecule has 0 spiro atoms. The summed E-state index contributed by atoms with van der Waals surface area (Å²) < 4.78 is 38.0. The van der Waals surface area contributed by atoms with Gasteiger partial charge in [0.1, 0.15) is 6.61 Å². The molecule has 0 N–H and O–H groups in total. The number of benzene rings is 1. The summed E-state index contributed by atoms with van der Waals surface area (Å²) in [5, 5.41) is 0. The summed E-state index contributed by atoms with van der Waals surface area (Å²) in [6.07, 6.45) is -0.495. The van der Waals surface area contributed by atoms with Crippen LogP contribution in [0.25, 0.3) is 0 Å². The molecule has 0 saturated carbocycles. The molecule has 122 valence electrons. The van der Waals surface area contributed by atoms with Crippen molar-refractivity contribution in [2.45, 2.75) is 12.6 Å². The third-order valence-corrected chi connectivity index (χ3v) is 4.43. The molecule has 7 nitrogen and oxygen atoms in total. The Bertz CT molecular complexity index is 611. The Morgan fingerprint density at radius 2 is 1.96 bits per heavy atom. The van der Waals surface area contributed by atoms with Gasteiger partial charge in [-0.1, -0.05) is 30.3 Å². The minimum absolute atomic E-state index is 0. The molecule has 0 radical (unpaired) electrons. The van der Waals surface area contributed by atoms with Gasteiger partial charge in [-0.3, -0.25) is 4.90 Å². The number of hydrogen-bond acceptors (Lipinski definition) is 6. The smallest absolute Gasteiger partial charge is 0.748 e. The number of carbonyl (C=O) groups excluding carboxylic acids is 1. The maximum absolute atomic E-state index is 12.0. The minimum atomic E-state index is -4.33. The fourth-order valence-corrected chi connectivity index (χ4v) is 3.17. The number of nitrogens with zero attached hydrogens (tertiary/aromatic N) is 2. The number of carbonyl (C=O) groups is 1. The molecule has 1 saturated heterocycles. The van der Waals surface area contributed by atoms with Crippen molar-refractivity contribution >= 4 is 16.2 Å². The summed E-state index contributed by atoms with van der Waals surface area (Å²) in [6.45, 7) is 1.28. The van der Waals surface area contributed by atoms with E-state index < -0.39 is 28.0 Å². The summed E-state index contributed by atoms with van der Waals surface area (Å²) >= 11 is 0. The van der Waals surface area contributed by atoms with Crippen molar-refractivity contribution in [1.82, 2.24) is 9.80 Å². The van der Waals surface area contributed by atoms with Crippen molar-refractivity contribution < 1.29 is 52.1 Å². The van der Waals surface area contributed by atoms with Crippen LogP contribution in [0.15, 0.2) is 30.3 Å². The van der Waals surface area contributed by atoms with Gasteiger partial charge in [0.05, 0.1) is 15.9 Å². The standard InChI is InChI=1S/C14H20N2O5S.Na/c1-15-7-8-16(9-13(15)11-22(18,19)20)14(17)21-10-12-5-3-2-4-6-12;/h2-6,13H,7-11H2,1H3,(H,18,19,20);/q;+1/p-1. The van der Waals surface area contributed by atoms with E-state index in [9.17, 15) is 17.8 Å². The number of hydrogen-bond donors (Lipinski definition) is 0. The van der Waals surface area contributed by atoms with Crippen LogP contribution in [-0.4, -0.2) is 67.3 Å². The molecular weight excluding hydrogens is 331 g/mol. The van der Waals surface area contributed by atoms with Crippen molar-refractivity contribution in [1.29, 1.82) is 0 Å². The SMILES string of the molecule is CN1CCN(C(=O)OCc2ccccc2)CC1CS(=O)(=O)[O-].[Na+]. The maximum Gasteiger partial charge on any atom is 1.00 e. The predicted octanol–water partition coefficient (Wildman–Crippen LogP) is -2.51. The number of amides is 1. The van der Waals surface area contributed by atoms with E-state index in [0.29, 0.717) is 13.1 Å². The average molecular weight is 350 g/mol. The largest absolute Gasteiger partial charge is 1.00 e. The van der Waals surface area contributed by atoms with E-state index in [1.165, 1.54) is 4.90 Å². The fourth-order valence-electron chi connectivity index (χ4n) is 2.34. The van der Waals surface area contributed by atoms with Gasteiger partial charge >= 0.3 is 35.7 Å². The van der Waals surface area contributed by atoms with E-state index in [2.05, 4.69) is 0 Å². The van der Waals surface area contributed by atoms with Crippen molar-refractivity contribution in [3.8, 4) is 0 Å². The minimum Gasteiger partial charge on any atom is -0.748 e. The van der Waals surface area contributed by atoms with Gasteiger partial charge in [0.15, 0.2) is 0 Å². The van der Waals surface area contributed by atoms with Crippen molar-refractivity contribution in [3.63, 3.8) is 0 Å². The molecule has 1 atom stereocenters. The Balaban J connectivity index is 0.00000264. The van der Waals surface area contributed by atoms with Gasteiger partial charge < -0.3 is 14.2 Å². The molecule has 1 aromatic carbocycles. The van der Waals surface area contributed by atoms with Crippen molar-refractivity contribution in [2.24, 2.45) is 0 Å². The van der Waals surface area contributed by atoms with Gasteiger partial charge in [0, 0.05) is 25.7 Å². The van der Waals surface area contributed by atoms with Crippen LogP contribution < -0.4 is 29.6 Å². The van der Waals surface area contributed by atoms with Crippen LogP contribution in [-0.2, 0) is 21.5 Å². The number of likely N-dealkylation sites (N-methyl/N-ethyl adjacent to an activating group) is 1. The summed E-state index contributed by atoms with van der Waals surface area (Å²) in [5.41, 5.74) is 0.878. The molecule has 1 unspecified atom stereocenters. The Morgan fingerprint density at radius 3 is 2.57 bits per heavy atom. The zero-order valence-corrected chi connectivity index (χ0v) is 16.2. The molecule has 1 heterocycles. The monoisotopic (exact) mass is 350 g/mol. The van der Waals surface area contributed by atoms with E-state index >= 15 is 0 Å². The molecule has 0 aromatic heterocycles. The first-order valence-electron chi connectivity index (χ1n) is 6.94. The number of rotatable bonds is 4. The number of piperazine rings is 1. The van der Waals surface area contributed by atoms with Crippen LogP contribution >= 0.6 is 0 Å². The molecule has 0 bridgehead atoms. The number of ether oxygens (including phenoxy) is 1. The van der Waals surface area contributed by atoms with Crippen molar-refractivity contribution in [2.75, 3.05) is 32.4 Å². The molecule has 9 heteroatoms. The topological polar surface area (TPSA) is 90.0 Å². The van der Waals surface area contributed by atoms with E-state index in [0.717, 1.165) is 5.56 Å². The molecule has 0 aliphatic carbocycles. The van der Waals surface area contributed by atoms with E-state index in [1.54, 1.807) is 11.9 Å². The van der Waals surface area contributed by atoms with Crippen LogP contribution in [0.1, 0.15) is 5.56 Å². The molecule has 1 aliphatic heterocycles. The normalized spacial score (nSPS) is 19.0. The molecule has 23 heavy (non-hydrogen) atoms. The molecule has 1 fully saturated rings.